The van der Waals surface area contributed by atoms with Gasteiger partial charge in [0.25, 0.3) is 0 Å². The molecule has 2 unspecified atom stereocenters. The van der Waals surface area contributed by atoms with Crippen LogP contribution in [0.15, 0.2) is 66.7 Å². The Morgan fingerprint density at radius 3 is 2.67 bits per heavy atom. The van der Waals surface area contributed by atoms with Crippen LogP contribution in [0.1, 0.15) is 35.4 Å². The highest BCUT2D eigenvalue weighted by Gasteiger charge is 2.33. The van der Waals surface area contributed by atoms with Gasteiger partial charge in [-0.25, -0.2) is 9.18 Å². The molecule has 1 saturated heterocycles. The van der Waals surface area contributed by atoms with Crippen LogP contribution in [-0.4, -0.2) is 87.8 Å². The molecule has 246 valence electrons. The van der Waals surface area contributed by atoms with Crippen LogP contribution in [0.5, 0.6) is 11.5 Å². The molecule has 0 bridgehead atoms. The second kappa shape index (κ2) is 16.3. The number of amides is 2. The van der Waals surface area contributed by atoms with E-state index in [-0.39, 0.29) is 37.5 Å². The van der Waals surface area contributed by atoms with Crippen molar-refractivity contribution in [2.24, 2.45) is 0 Å². The minimum Gasteiger partial charge on any atom is -0.492 e. The van der Waals surface area contributed by atoms with E-state index in [9.17, 15) is 19.1 Å². The molecule has 0 saturated carbocycles. The summed E-state index contributed by atoms with van der Waals surface area (Å²) in [7, 11) is 1.71. The van der Waals surface area contributed by atoms with Gasteiger partial charge in [-0.2, -0.15) is 0 Å². The lowest BCUT2D eigenvalue weighted by Crippen LogP contribution is -2.46. The van der Waals surface area contributed by atoms with Crippen LogP contribution < -0.4 is 19.7 Å². The van der Waals surface area contributed by atoms with Crippen LogP contribution in [0, 0.1) is 5.82 Å². The van der Waals surface area contributed by atoms with Crippen molar-refractivity contribution >= 4 is 17.7 Å². The summed E-state index contributed by atoms with van der Waals surface area (Å²) in [6.07, 6.45) is 0.250. The monoisotopic (exact) mass is 635 g/mol. The van der Waals surface area contributed by atoms with Gasteiger partial charge in [0, 0.05) is 32.7 Å². The first-order valence-electron chi connectivity index (χ1n) is 15.7. The number of carboxylic acid groups (broad SMARTS) is 1. The summed E-state index contributed by atoms with van der Waals surface area (Å²) in [6.45, 7) is 4.63. The van der Waals surface area contributed by atoms with Crippen molar-refractivity contribution in [3.8, 4) is 11.5 Å². The molecule has 2 atom stereocenters. The molecular formula is C35H42FN3O7. The van der Waals surface area contributed by atoms with Gasteiger partial charge in [-0.05, 0) is 59.9 Å². The number of fused-ring (bicyclic) bond motifs is 1. The van der Waals surface area contributed by atoms with Gasteiger partial charge < -0.3 is 39.2 Å². The largest absolute Gasteiger partial charge is 0.492 e. The van der Waals surface area contributed by atoms with Gasteiger partial charge in [0.05, 0.1) is 44.5 Å². The van der Waals surface area contributed by atoms with Gasteiger partial charge in [0.1, 0.15) is 30.5 Å². The standard InChI is InChI=1S/C35H42FN3O7/c1-43-18-4-15-38-17-20-45-32-12-7-25(21-31(32)38)24-46-33-23-39(35(41)42)16-13-29(33)26-8-10-28(11-9-26)44-19-14-37-34(40)22-27-5-2-3-6-30(27)36/h2-3,5-12,21,29,33H,4,13-20,22-24H2,1H3,(H,37,40)(H,41,42). The van der Waals surface area contributed by atoms with Crippen LogP contribution in [0.4, 0.5) is 14.9 Å². The van der Waals surface area contributed by atoms with Crippen molar-refractivity contribution in [3.05, 3.63) is 89.2 Å². The molecule has 2 heterocycles. The zero-order valence-electron chi connectivity index (χ0n) is 26.2. The summed E-state index contributed by atoms with van der Waals surface area (Å²) in [5.41, 5.74) is 3.43. The summed E-state index contributed by atoms with van der Waals surface area (Å²) in [6, 6.07) is 20.0. The summed E-state index contributed by atoms with van der Waals surface area (Å²) in [4.78, 5) is 27.7. The molecule has 2 N–H and O–H groups in total. The fourth-order valence-electron chi connectivity index (χ4n) is 5.93. The average molecular weight is 636 g/mol. The van der Waals surface area contributed by atoms with E-state index in [0.29, 0.717) is 50.6 Å². The van der Waals surface area contributed by atoms with Crippen LogP contribution in [0.3, 0.4) is 0 Å². The van der Waals surface area contributed by atoms with E-state index in [1.165, 1.54) is 11.0 Å². The maximum Gasteiger partial charge on any atom is 0.407 e. The second-order valence-corrected chi connectivity index (χ2v) is 11.5. The third kappa shape index (κ3) is 8.88. The minimum absolute atomic E-state index is 0.00817. The van der Waals surface area contributed by atoms with Gasteiger partial charge in [-0.3, -0.25) is 4.79 Å². The Morgan fingerprint density at radius 1 is 1.07 bits per heavy atom. The fourth-order valence-corrected chi connectivity index (χ4v) is 5.93. The van der Waals surface area contributed by atoms with Crippen molar-refractivity contribution in [2.75, 3.05) is 64.6 Å². The number of ether oxygens (including phenoxy) is 4. The number of hydrogen-bond acceptors (Lipinski definition) is 7. The molecule has 0 spiro atoms. The SMILES string of the molecule is COCCCN1CCOc2ccc(COC3CN(C(=O)O)CCC3c3ccc(OCCNC(=O)Cc4ccccc4F)cc3)cc21. The highest BCUT2D eigenvalue weighted by molar-refractivity contribution is 5.78. The lowest BCUT2D eigenvalue weighted by atomic mass is 9.87. The van der Waals surface area contributed by atoms with E-state index in [1.54, 1.807) is 25.3 Å². The van der Waals surface area contributed by atoms with E-state index in [1.807, 2.05) is 36.4 Å². The highest BCUT2D eigenvalue weighted by Crippen LogP contribution is 2.35. The topological polar surface area (TPSA) is 110 Å². The van der Waals surface area contributed by atoms with Crippen LogP contribution in [-0.2, 0) is 27.3 Å². The fraction of sp³-hybridized carbons (Fsp3) is 0.429. The Labute approximate surface area is 269 Å². The van der Waals surface area contributed by atoms with Gasteiger partial charge in [0.2, 0.25) is 5.91 Å². The first-order chi connectivity index (χ1) is 22.4. The molecule has 3 aromatic carbocycles. The summed E-state index contributed by atoms with van der Waals surface area (Å²) in [5, 5.41) is 12.4. The van der Waals surface area contributed by atoms with Crippen LogP contribution in [0.2, 0.25) is 0 Å². The van der Waals surface area contributed by atoms with Crippen molar-refractivity contribution < 1.29 is 38.0 Å². The Hall–Kier alpha value is -4.35. The Kier molecular flexibility index (Phi) is 11.7. The number of nitrogens with zero attached hydrogens (tertiary/aromatic N) is 2. The Morgan fingerprint density at radius 2 is 1.89 bits per heavy atom. The van der Waals surface area contributed by atoms with Crippen molar-refractivity contribution in [2.45, 2.75) is 37.9 Å². The number of likely N-dealkylation sites (tertiary alicyclic amines) is 1. The van der Waals surface area contributed by atoms with Gasteiger partial charge in [0.15, 0.2) is 0 Å². The van der Waals surface area contributed by atoms with E-state index in [2.05, 4.69) is 16.3 Å². The zero-order chi connectivity index (χ0) is 32.3. The van der Waals surface area contributed by atoms with Crippen LogP contribution in [0.25, 0.3) is 0 Å². The molecular weight excluding hydrogens is 593 g/mol. The number of carbonyl (C=O) groups excluding carboxylic acids is 1. The summed E-state index contributed by atoms with van der Waals surface area (Å²) < 4.78 is 37.1. The second-order valence-electron chi connectivity index (χ2n) is 11.5. The minimum atomic E-state index is -0.950. The first kappa shape index (κ1) is 33.0. The number of hydrogen-bond donors (Lipinski definition) is 2. The molecule has 5 rings (SSSR count). The number of carbonyl (C=O) groups is 2. The number of halogens is 1. The Bertz CT molecular complexity index is 1450. The smallest absolute Gasteiger partial charge is 0.407 e. The summed E-state index contributed by atoms with van der Waals surface area (Å²) >= 11 is 0. The van der Waals surface area contributed by atoms with Gasteiger partial charge >= 0.3 is 6.09 Å². The number of anilines is 1. The summed E-state index contributed by atoms with van der Waals surface area (Å²) in [5.74, 6) is 0.843. The quantitative estimate of drug-likeness (QED) is 0.242. The molecule has 0 aliphatic carbocycles. The lowest BCUT2D eigenvalue weighted by molar-refractivity contribution is -0.120. The molecule has 46 heavy (non-hydrogen) atoms. The molecule has 1 fully saturated rings. The van der Waals surface area contributed by atoms with E-state index >= 15 is 0 Å². The third-order valence-electron chi connectivity index (χ3n) is 8.36. The highest BCUT2D eigenvalue weighted by atomic mass is 19.1. The van der Waals surface area contributed by atoms with E-state index < -0.39 is 11.9 Å². The number of nitrogens with one attached hydrogen (secondary N) is 1. The van der Waals surface area contributed by atoms with Crippen molar-refractivity contribution in [1.82, 2.24) is 10.2 Å². The third-order valence-corrected chi connectivity index (χ3v) is 8.36. The number of piperidine rings is 1. The first-order valence-corrected chi connectivity index (χ1v) is 15.7. The molecule has 2 amide bonds. The number of benzene rings is 3. The van der Waals surface area contributed by atoms with Crippen LogP contribution >= 0.6 is 0 Å². The van der Waals surface area contributed by atoms with Gasteiger partial charge in [-0.15, -0.1) is 0 Å². The molecule has 0 radical (unpaired) electrons. The number of rotatable bonds is 14. The number of methoxy groups -OCH3 is 1. The molecule has 2 aliphatic rings. The predicted octanol–water partition coefficient (Wildman–Crippen LogP) is 4.85. The molecule has 11 heteroatoms. The Balaban J connectivity index is 1.16. The predicted molar refractivity (Wildman–Crippen MR) is 171 cm³/mol. The lowest BCUT2D eigenvalue weighted by Gasteiger charge is -2.37. The average Bonchev–Trinajstić information content (AvgIpc) is 3.07. The molecule has 10 nitrogen and oxygen atoms in total. The maximum atomic E-state index is 13.8. The molecule has 3 aromatic rings. The van der Waals surface area contributed by atoms with Crippen molar-refractivity contribution in [3.63, 3.8) is 0 Å². The van der Waals surface area contributed by atoms with E-state index in [4.69, 9.17) is 18.9 Å². The van der Waals surface area contributed by atoms with Crippen molar-refractivity contribution in [1.29, 1.82) is 0 Å². The molecule has 2 aliphatic heterocycles. The zero-order valence-corrected chi connectivity index (χ0v) is 26.2. The maximum absolute atomic E-state index is 13.8. The van der Waals surface area contributed by atoms with E-state index in [0.717, 1.165) is 42.1 Å². The normalized spacial score (nSPS) is 17.6. The molecule has 0 aromatic heterocycles. The van der Waals surface area contributed by atoms with Gasteiger partial charge in [-0.1, -0.05) is 36.4 Å².